The first-order valence-electron chi connectivity index (χ1n) is 8.56. The van der Waals surface area contributed by atoms with Crippen LogP contribution < -0.4 is 5.73 Å². The summed E-state index contributed by atoms with van der Waals surface area (Å²) in [5, 5.41) is 23.2. The first kappa shape index (κ1) is 19.9. The number of anilines is 1. The van der Waals surface area contributed by atoms with E-state index in [1.165, 1.54) is 29.4 Å². The molecule has 7 nitrogen and oxygen atoms in total. The van der Waals surface area contributed by atoms with E-state index >= 15 is 0 Å². The van der Waals surface area contributed by atoms with Crippen LogP contribution in [0.25, 0.3) is 21.8 Å². The summed E-state index contributed by atoms with van der Waals surface area (Å²) in [5.41, 5.74) is 9.23. The molecule has 0 aliphatic heterocycles. The Hall–Kier alpha value is -3.37. The molecule has 3 heterocycles. The number of nitriles is 2. The predicted octanol–water partition coefficient (Wildman–Crippen LogP) is 4.87. The lowest BCUT2D eigenvalue weighted by Gasteiger charge is -2.11. The van der Waals surface area contributed by atoms with E-state index in [0.29, 0.717) is 27.1 Å². The van der Waals surface area contributed by atoms with E-state index < -0.39 is 0 Å². The van der Waals surface area contributed by atoms with Crippen LogP contribution in [0.5, 0.6) is 0 Å². The Kier molecular flexibility index (Phi) is 5.68. The van der Waals surface area contributed by atoms with Gasteiger partial charge in [-0.15, -0.1) is 11.3 Å². The van der Waals surface area contributed by atoms with Gasteiger partial charge in [-0.3, -0.25) is 0 Å². The number of halogens is 1. The normalized spacial score (nSPS) is 10.5. The lowest BCUT2D eigenvalue weighted by atomic mass is 10.0. The van der Waals surface area contributed by atoms with Crippen LogP contribution in [0.2, 0.25) is 5.02 Å². The second-order valence-electron chi connectivity index (χ2n) is 6.06. The summed E-state index contributed by atoms with van der Waals surface area (Å²) in [5.74, 6) is 0.572. The summed E-state index contributed by atoms with van der Waals surface area (Å²) in [4.78, 5) is 15.9. The maximum absolute atomic E-state index is 9.77. The first-order valence-corrected chi connectivity index (χ1v) is 10.8. The minimum absolute atomic E-state index is 0.0729. The molecule has 0 atom stereocenters. The van der Waals surface area contributed by atoms with Gasteiger partial charge in [-0.05, 0) is 12.1 Å². The second-order valence-corrected chi connectivity index (χ2v) is 8.31. The van der Waals surface area contributed by atoms with E-state index in [0.717, 1.165) is 16.3 Å². The predicted molar refractivity (Wildman–Crippen MR) is 118 cm³/mol. The van der Waals surface area contributed by atoms with E-state index in [1.54, 1.807) is 6.20 Å². The number of nitrogens with zero attached hydrogens (tertiary/aromatic N) is 5. The average molecular weight is 450 g/mol. The molecule has 0 aliphatic rings. The van der Waals surface area contributed by atoms with Crippen molar-refractivity contribution in [2.45, 2.75) is 10.8 Å². The van der Waals surface area contributed by atoms with Gasteiger partial charge in [-0.2, -0.15) is 10.5 Å². The molecule has 1 aromatic carbocycles. The highest BCUT2D eigenvalue weighted by atomic mass is 35.5. The third kappa shape index (κ3) is 3.87. The molecule has 4 aromatic rings. The molecule has 30 heavy (non-hydrogen) atoms. The van der Waals surface area contributed by atoms with Gasteiger partial charge in [0.1, 0.15) is 33.6 Å². The van der Waals surface area contributed by atoms with Gasteiger partial charge in [-0.25, -0.2) is 15.0 Å². The van der Waals surface area contributed by atoms with Crippen LogP contribution in [0.15, 0.2) is 47.2 Å². The molecule has 0 unspecified atom stereocenters. The van der Waals surface area contributed by atoms with Crippen LogP contribution >= 0.6 is 34.7 Å². The second kappa shape index (κ2) is 8.56. The number of aromatic amines is 1. The van der Waals surface area contributed by atoms with E-state index in [4.69, 9.17) is 17.3 Å². The molecule has 0 amide bonds. The minimum Gasteiger partial charge on any atom is -0.383 e. The quantitative estimate of drug-likeness (QED) is 0.416. The van der Waals surface area contributed by atoms with Gasteiger partial charge in [0.05, 0.1) is 29.5 Å². The number of pyridine rings is 1. The number of thiazole rings is 1. The van der Waals surface area contributed by atoms with Crippen molar-refractivity contribution in [1.82, 2.24) is 19.9 Å². The monoisotopic (exact) mass is 449 g/mol. The summed E-state index contributed by atoms with van der Waals surface area (Å²) in [6.07, 6.45) is 3.03. The lowest BCUT2D eigenvalue weighted by Crippen LogP contribution is -2.03. The number of H-pyrrole nitrogens is 1. The molecule has 3 aromatic heterocycles. The van der Waals surface area contributed by atoms with Crippen molar-refractivity contribution < 1.29 is 0 Å². The number of nitrogens with one attached hydrogen (secondary N) is 1. The van der Waals surface area contributed by atoms with E-state index in [2.05, 4.69) is 26.0 Å². The largest absolute Gasteiger partial charge is 0.383 e. The summed E-state index contributed by atoms with van der Waals surface area (Å²) >= 11 is 8.82. The van der Waals surface area contributed by atoms with Crippen molar-refractivity contribution in [3.63, 3.8) is 0 Å². The number of nitrogen functional groups attached to an aromatic ring is 1. The number of thioether (sulfide) groups is 1. The van der Waals surface area contributed by atoms with Crippen LogP contribution in [0, 0.1) is 22.7 Å². The van der Waals surface area contributed by atoms with Gasteiger partial charge in [-0.1, -0.05) is 35.5 Å². The van der Waals surface area contributed by atoms with Crippen molar-refractivity contribution in [2.24, 2.45) is 0 Å². The number of rotatable bonds is 5. The Balaban J connectivity index is 1.64. The molecule has 0 saturated heterocycles. The summed E-state index contributed by atoms with van der Waals surface area (Å²) in [6, 6.07) is 11.7. The van der Waals surface area contributed by atoms with E-state index in [9.17, 15) is 10.5 Å². The molecular formula is C20H12ClN7S2. The molecule has 10 heteroatoms. The van der Waals surface area contributed by atoms with Crippen LogP contribution in [0.3, 0.4) is 0 Å². The molecule has 0 spiro atoms. The van der Waals surface area contributed by atoms with E-state index in [-0.39, 0.29) is 16.9 Å². The van der Waals surface area contributed by atoms with Gasteiger partial charge in [0.2, 0.25) is 0 Å². The van der Waals surface area contributed by atoms with Crippen molar-refractivity contribution >= 4 is 40.5 Å². The molecule has 4 rings (SSSR count). The number of aromatic nitrogens is 4. The number of nitrogens with two attached hydrogens (primary N) is 1. The maximum atomic E-state index is 9.77. The van der Waals surface area contributed by atoms with Crippen molar-refractivity contribution in [1.29, 1.82) is 10.5 Å². The van der Waals surface area contributed by atoms with Crippen LogP contribution in [-0.2, 0) is 5.75 Å². The number of benzene rings is 1. The smallest absolute Gasteiger partial charge is 0.143 e. The first-order chi connectivity index (χ1) is 14.6. The van der Waals surface area contributed by atoms with Gasteiger partial charge >= 0.3 is 0 Å². The van der Waals surface area contributed by atoms with Gasteiger partial charge < -0.3 is 10.7 Å². The van der Waals surface area contributed by atoms with Crippen molar-refractivity contribution in [2.75, 3.05) is 5.73 Å². The van der Waals surface area contributed by atoms with Gasteiger partial charge in [0, 0.05) is 27.3 Å². The summed E-state index contributed by atoms with van der Waals surface area (Å²) in [6.45, 7) is 0. The Bertz CT molecular complexity index is 1280. The molecule has 0 bridgehead atoms. The third-order valence-electron chi connectivity index (χ3n) is 4.18. The number of imidazole rings is 1. The average Bonchev–Trinajstić information content (AvgIpc) is 3.44. The lowest BCUT2D eigenvalue weighted by molar-refractivity contribution is 1.10. The van der Waals surface area contributed by atoms with Gasteiger partial charge in [0.25, 0.3) is 0 Å². The molecule has 0 radical (unpaired) electrons. The maximum Gasteiger partial charge on any atom is 0.143 e. The topological polar surface area (TPSA) is 128 Å². The van der Waals surface area contributed by atoms with Crippen LogP contribution in [0.1, 0.15) is 16.8 Å². The molecule has 3 N–H and O–H groups in total. The highest BCUT2D eigenvalue weighted by Crippen LogP contribution is 2.36. The third-order valence-corrected chi connectivity index (χ3v) is 6.38. The van der Waals surface area contributed by atoms with Crippen LogP contribution in [0.4, 0.5) is 5.82 Å². The molecule has 0 saturated carbocycles. The highest BCUT2D eigenvalue weighted by molar-refractivity contribution is 7.98. The number of hydrogen-bond donors (Lipinski definition) is 2. The molecule has 0 aliphatic carbocycles. The number of hydrogen-bond acceptors (Lipinski definition) is 8. The Labute approximate surface area is 185 Å². The zero-order valence-electron chi connectivity index (χ0n) is 15.3. The zero-order chi connectivity index (χ0) is 21.1. The fourth-order valence-corrected chi connectivity index (χ4v) is 4.75. The fourth-order valence-electron chi connectivity index (χ4n) is 2.81. The van der Waals surface area contributed by atoms with Gasteiger partial charge in [0.15, 0.2) is 0 Å². The van der Waals surface area contributed by atoms with Crippen LogP contribution in [-0.4, -0.2) is 19.9 Å². The standard InChI is InChI=1S/C20H12ClN7S2/c21-12-3-1-11(2-4-12)19-27-13(8-29-19)9-30-20-15(6-23)17(16-7-25-10-26-16)14(5-22)18(24)28-20/h1-4,7-8,10H,9H2,(H2,24,28)(H,25,26). The summed E-state index contributed by atoms with van der Waals surface area (Å²) < 4.78 is 0. The highest BCUT2D eigenvalue weighted by Gasteiger charge is 2.21. The SMILES string of the molecule is N#Cc1c(N)nc(SCc2csc(-c3ccc(Cl)cc3)n2)c(C#N)c1-c1cnc[nH]1. The minimum atomic E-state index is 0.0729. The molecule has 146 valence electrons. The van der Waals surface area contributed by atoms with Crippen molar-refractivity contribution in [3.05, 3.63) is 64.0 Å². The molecule has 0 fully saturated rings. The fraction of sp³-hybridized carbons (Fsp3) is 0.0500. The molecular weight excluding hydrogens is 438 g/mol. The van der Waals surface area contributed by atoms with E-state index in [1.807, 2.05) is 35.7 Å². The summed E-state index contributed by atoms with van der Waals surface area (Å²) in [7, 11) is 0. The van der Waals surface area contributed by atoms with Crippen molar-refractivity contribution in [3.8, 4) is 34.0 Å². The zero-order valence-corrected chi connectivity index (χ0v) is 17.6. The Morgan fingerprint density at radius 1 is 1.13 bits per heavy atom. The Morgan fingerprint density at radius 3 is 2.57 bits per heavy atom. The Morgan fingerprint density at radius 2 is 1.90 bits per heavy atom.